The number of ether oxygens (including phenoxy) is 1. The van der Waals surface area contributed by atoms with E-state index in [9.17, 15) is 18.5 Å². The summed E-state index contributed by atoms with van der Waals surface area (Å²) in [5.74, 6) is -0.369. The second-order valence-corrected chi connectivity index (χ2v) is 11.9. The fourth-order valence-corrected chi connectivity index (χ4v) is 5.25. The van der Waals surface area contributed by atoms with Gasteiger partial charge in [-0.25, -0.2) is 8.42 Å². The lowest BCUT2D eigenvalue weighted by Crippen LogP contribution is -2.24. The predicted octanol–water partition coefficient (Wildman–Crippen LogP) is 6.49. The van der Waals surface area contributed by atoms with Crippen LogP contribution in [0.3, 0.4) is 0 Å². The molecule has 4 rings (SSSR count). The number of carbonyl (C=O) groups is 1. The van der Waals surface area contributed by atoms with Gasteiger partial charge in [0.1, 0.15) is 11.7 Å². The molecule has 0 atom stereocenters. The molecule has 0 aliphatic carbocycles. The number of benzene rings is 3. The van der Waals surface area contributed by atoms with Gasteiger partial charge in [0, 0.05) is 17.3 Å². The van der Waals surface area contributed by atoms with Crippen LogP contribution in [0.25, 0.3) is 16.6 Å². The molecule has 0 aliphatic heterocycles. The first kappa shape index (κ1) is 26.6. The van der Waals surface area contributed by atoms with Crippen molar-refractivity contribution in [2.75, 3.05) is 4.72 Å². The maximum atomic E-state index is 12.8. The van der Waals surface area contributed by atoms with Gasteiger partial charge in [-0.3, -0.25) is 9.52 Å². The van der Waals surface area contributed by atoms with E-state index in [2.05, 4.69) is 10.8 Å². The van der Waals surface area contributed by atoms with Crippen LogP contribution in [0.15, 0.2) is 71.8 Å². The van der Waals surface area contributed by atoms with Crippen molar-refractivity contribution in [3.05, 3.63) is 88.0 Å². The van der Waals surface area contributed by atoms with Gasteiger partial charge in [0.2, 0.25) is 0 Å². The molecule has 10 heteroatoms. The number of hydrogen-bond donors (Lipinski definition) is 1. The summed E-state index contributed by atoms with van der Waals surface area (Å²) in [5.41, 5.74) is 2.24. The molecule has 0 unspecified atom stereocenters. The van der Waals surface area contributed by atoms with Gasteiger partial charge in [0.15, 0.2) is 0 Å². The molecule has 0 amide bonds. The summed E-state index contributed by atoms with van der Waals surface area (Å²) >= 11 is 11.9. The molecule has 7 nitrogen and oxygen atoms in total. The fourth-order valence-electron chi connectivity index (χ4n) is 3.81. The number of nitriles is 1. The molecule has 0 bridgehead atoms. The van der Waals surface area contributed by atoms with Crippen LogP contribution in [0.4, 0.5) is 5.69 Å². The quantitative estimate of drug-likeness (QED) is 0.274. The number of aromatic nitrogens is 1. The molecule has 190 valence electrons. The minimum atomic E-state index is -3.88. The smallest absolute Gasteiger partial charge is 0.310 e. The molecule has 0 saturated carbocycles. The Balaban J connectivity index is 1.61. The van der Waals surface area contributed by atoms with E-state index in [-0.39, 0.29) is 27.3 Å². The Bertz CT molecular complexity index is 1670. The van der Waals surface area contributed by atoms with Crippen LogP contribution in [0, 0.1) is 11.3 Å². The number of anilines is 1. The first-order chi connectivity index (χ1) is 17.4. The van der Waals surface area contributed by atoms with E-state index in [0.29, 0.717) is 22.5 Å². The predicted molar refractivity (Wildman–Crippen MR) is 145 cm³/mol. The number of rotatable bonds is 6. The molecule has 3 aromatic carbocycles. The van der Waals surface area contributed by atoms with Crippen LogP contribution >= 0.6 is 23.2 Å². The molecule has 0 spiro atoms. The SMILES string of the molecule is CC(C)(C)OC(=O)Cc1ccc(-n2ccc3cc(NS(=O)(=O)c4ccc(Cl)c(Cl)c4)ccc32)c(C#N)c1. The van der Waals surface area contributed by atoms with Gasteiger partial charge >= 0.3 is 5.97 Å². The Morgan fingerprint density at radius 3 is 2.46 bits per heavy atom. The number of halogens is 2. The third-order valence-corrected chi connectivity index (χ3v) is 7.47. The van der Waals surface area contributed by atoms with Crippen molar-refractivity contribution >= 4 is 55.8 Å². The van der Waals surface area contributed by atoms with E-state index in [1.807, 2.05) is 10.6 Å². The van der Waals surface area contributed by atoms with Crippen LogP contribution in [-0.2, 0) is 26.0 Å². The minimum absolute atomic E-state index is 0.00954. The third-order valence-electron chi connectivity index (χ3n) is 5.35. The zero-order valence-corrected chi connectivity index (χ0v) is 22.6. The number of nitrogens with zero attached hydrogens (tertiary/aromatic N) is 2. The van der Waals surface area contributed by atoms with Gasteiger partial charge in [0.25, 0.3) is 10.0 Å². The number of hydrogen-bond acceptors (Lipinski definition) is 5. The van der Waals surface area contributed by atoms with Crippen LogP contribution in [0.5, 0.6) is 0 Å². The topological polar surface area (TPSA) is 101 Å². The van der Waals surface area contributed by atoms with E-state index in [4.69, 9.17) is 27.9 Å². The van der Waals surface area contributed by atoms with Crippen LogP contribution in [-0.4, -0.2) is 24.6 Å². The van der Waals surface area contributed by atoms with E-state index in [1.165, 1.54) is 18.2 Å². The molecule has 37 heavy (non-hydrogen) atoms. The largest absolute Gasteiger partial charge is 0.460 e. The molecular formula is C27H23Cl2N3O4S. The normalized spacial score (nSPS) is 11.8. The monoisotopic (exact) mass is 555 g/mol. The maximum absolute atomic E-state index is 12.8. The Morgan fingerprint density at radius 2 is 1.78 bits per heavy atom. The maximum Gasteiger partial charge on any atom is 0.310 e. The number of carbonyl (C=O) groups excluding carboxylic acids is 1. The molecule has 4 aromatic rings. The molecule has 0 fully saturated rings. The average Bonchev–Trinajstić information content (AvgIpc) is 3.22. The molecule has 0 saturated heterocycles. The van der Waals surface area contributed by atoms with Gasteiger partial charge < -0.3 is 9.30 Å². The number of sulfonamides is 1. The Kier molecular flexibility index (Phi) is 7.24. The zero-order chi connectivity index (χ0) is 27.0. The van der Waals surface area contributed by atoms with E-state index in [0.717, 1.165) is 10.9 Å². The fraction of sp³-hybridized carbons (Fsp3) is 0.185. The van der Waals surface area contributed by atoms with Crippen molar-refractivity contribution in [2.24, 2.45) is 0 Å². The van der Waals surface area contributed by atoms with E-state index >= 15 is 0 Å². The number of fused-ring (bicyclic) bond motifs is 1. The number of esters is 1. The summed E-state index contributed by atoms with van der Waals surface area (Å²) in [7, 11) is -3.88. The third kappa shape index (κ3) is 6.08. The van der Waals surface area contributed by atoms with Crippen molar-refractivity contribution in [3.8, 4) is 11.8 Å². The summed E-state index contributed by atoms with van der Waals surface area (Å²) in [6.07, 6.45) is 1.85. The highest BCUT2D eigenvalue weighted by atomic mass is 35.5. The lowest BCUT2D eigenvalue weighted by molar-refractivity contribution is -0.153. The van der Waals surface area contributed by atoms with E-state index in [1.54, 1.807) is 63.4 Å². The second-order valence-electron chi connectivity index (χ2n) is 9.37. The van der Waals surface area contributed by atoms with Crippen LogP contribution < -0.4 is 4.72 Å². The Hall–Kier alpha value is -3.51. The highest BCUT2D eigenvalue weighted by Crippen LogP contribution is 2.29. The van der Waals surface area contributed by atoms with Gasteiger partial charge in [0.05, 0.1) is 38.1 Å². The number of nitrogens with one attached hydrogen (secondary N) is 1. The summed E-state index contributed by atoms with van der Waals surface area (Å²) in [6, 6.07) is 18.4. The van der Waals surface area contributed by atoms with Gasteiger partial charge in [-0.05, 0) is 80.9 Å². The summed E-state index contributed by atoms with van der Waals surface area (Å²) in [4.78, 5) is 12.2. The molecular weight excluding hydrogens is 533 g/mol. The lowest BCUT2D eigenvalue weighted by atomic mass is 10.1. The van der Waals surface area contributed by atoms with Gasteiger partial charge in [-0.15, -0.1) is 0 Å². The summed E-state index contributed by atoms with van der Waals surface area (Å²) in [5, 5.41) is 10.9. The van der Waals surface area contributed by atoms with Crippen molar-refractivity contribution in [1.29, 1.82) is 5.26 Å². The lowest BCUT2D eigenvalue weighted by Gasteiger charge is -2.19. The molecule has 1 aromatic heterocycles. The minimum Gasteiger partial charge on any atom is -0.460 e. The zero-order valence-electron chi connectivity index (χ0n) is 20.2. The van der Waals surface area contributed by atoms with Crippen LogP contribution in [0.2, 0.25) is 10.0 Å². The standard InChI is InChI=1S/C27H23Cl2N3O4S/c1-27(2,3)36-26(33)13-17-4-8-25(19(12-17)16-30)32-11-10-18-14-20(5-9-24(18)32)31-37(34,35)21-6-7-22(28)23(29)15-21/h4-12,14-15,31H,13H2,1-3H3. The van der Waals surface area contributed by atoms with Crippen molar-refractivity contribution in [1.82, 2.24) is 4.57 Å². The Morgan fingerprint density at radius 1 is 1.03 bits per heavy atom. The van der Waals surface area contributed by atoms with Crippen LogP contribution in [0.1, 0.15) is 31.9 Å². The van der Waals surface area contributed by atoms with Gasteiger partial charge in [-0.1, -0.05) is 29.3 Å². The van der Waals surface area contributed by atoms with E-state index < -0.39 is 15.6 Å². The molecule has 0 aliphatic rings. The van der Waals surface area contributed by atoms with Crippen molar-refractivity contribution in [3.63, 3.8) is 0 Å². The summed E-state index contributed by atoms with van der Waals surface area (Å²) < 4.78 is 35.4. The van der Waals surface area contributed by atoms with Crippen molar-refractivity contribution in [2.45, 2.75) is 37.7 Å². The molecule has 1 N–H and O–H groups in total. The molecule has 0 radical (unpaired) electrons. The molecule has 1 heterocycles. The first-order valence-electron chi connectivity index (χ1n) is 11.2. The highest BCUT2D eigenvalue weighted by Gasteiger charge is 2.19. The van der Waals surface area contributed by atoms with Gasteiger partial charge in [-0.2, -0.15) is 5.26 Å². The Labute approximate surface area is 225 Å². The first-order valence-corrected chi connectivity index (χ1v) is 13.4. The average molecular weight is 556 g/mol. The van der Waals surface area contributed by atoms with Crippen molar-refractivity contribution < 1.29 is 17.9 Å². The second kappa shape index (κ2) is 10.1. The summed E-state index contributed by atoms with van der Waals surface area (Å²) in [6.45, 7) is 5.40. The highest BCUT2D eigenvalue weighted by molar-refractivity contribution is 7.92.